The van der Waals surface area contributed by atoms with Gasteiger partial charge in [0.2, 0.25) is 0 Å². The monoisotopic (exact) mass is 261 g/mol. The van der Waals surface area contributed by atoms with Gasteiger partial charge in [-0.2, -0.15) is 0 Å². The number of imidazole rings is 1. The molecule has 19 heavy (non-hydrogen) atoms. The van der Waals surface area contributed by atoms with Crippen LogP contribution in [0, 0.1) is 0 Å². The minimum absolute atomic E-state index is 0.619. The molecule has 0 aliphatic rings. The smallest absolute Gasteiger partial charge is 0.126 e. The minimum atomic E-state index is 0.619. The molecule has 5 heteroatoms. The van der Waals surface area contributed by atoms with Crippen LogP contribution >= 0.6 is 0 Å². The standard InChI is InChI=1S/C14H19N3O2/c1-18-12-4-3-10(13(8-12)19-2)7-14-16-9-11(17-14)5-6-15/h3-4,8-9H,5-7,15H2,1-2H3,(H,16,17). The van der Waals surface area contributed by atoms with E-state index in [4.69, 9.17) is 15.2 Å². The molecule has 2 rings (SSSR count). The molecule has 0 radical (unpaired) electrons. The number of rotatable bonds is 6. The summed E-state index contributed by atoms with van der Waals surface area (Å²) in [5, 5.41) is 0. The van der Waals surface area contributed by atoms with Crippen LogP contribution in [-0.2, 0) is 12.8 Å². The van der Waals surface area contributed by atoms with Crippen LogP contribution in [0.25, 0.3) is 0 Å². The van der Waals surface area contributed by atoms with E-state index in [9.17, 15) is 0 Å². The summed E-state index contributed by atoms with van der Waals surface area (Å²) in [6.07, 6.45) is 3.34. The predicted octanol–water partition coefficient (Wildman–Crippen LogP) is 1.52. The number of nitrogens with one attached hydrogen (secondary N) is 1. The topological polar surface area (TPSA) is 73.2 Å². The van der Waals surface area contributed by atoms with Gasteiger partial charge >= 0.3 is 0 Å². The Morgan fingerprint density at radius 3 is 2.79 bits per heavy atom. The lowest BCUT2D eigenvalue weighted by Crippen LogP contribution is -2.03. The molecule has 0 atom stereocenters. The van der Waals surface area contributed by atoms with E-state index in [-0.39, 0.29) is 0 Å². The third kappa shape index (κ3) is 3.26. The second kappa shape index (κ2) is 6.24. The molecule has 0 unspecified atom stereocenters. The normalized spacial score (nSPS) is 10.5. The average molecular weight is 261 g/mol. The van der Waals surface area contributed by atoms with E-state index in [0.29, 0.717) is 13.0 Å². The highest BCUT2D eigenvalue weighted by molar-refractivity contribution is 5.42. The van der Waals surface area contributed by atoms with Crippen LogP contribution in [0.1, 0.15) is 17.1 Å². The first kappa shape index (κ1) is 13.4. The van der Waals surface area contributed by atoms with Crippen molar-refractivity contribution in [2.75, 3.05) is 20.8 Å². The number of methoxy groups -OCH3 is 2. The van der Waals surface area contributed by atoms with Crippen molar-refractivity contribution in [1.29, 1.82) is 0 Å². The van der Waals surface area contributed by atoms with Crippen molar-refractivity contribution < 1.29 is 9.47 Å². The lowest BCUT2D eigenvalue weighted by atomic mass is 10.1. The molecule has 0 spiro atoms. The van der Waals surface area contributed by atoms with Crippen molar-refractivity contribution in [3.05, 3.63) is 41.5 Å². The fraction of sp³-hybridized carbons (Fsp3) is 0.357. The number of benzene rings is 1. The largest absolute Gasteiger partial charge is 0.497 e. The van der Waals surface area contributed by atoms with E-state index in [1.807, 2.05) is 24.4 Å². The van der Waals surface area contributed by atoms with Gasteiger partial charge in [-0.05, 0) is 12.6 Å². The number of aromatic amines is 1. The van der Waals surface area contributed by atoms with Crippen LogP contribution in [0.15, 0.2) is 24.4 Å². The summed E-state index contributed by atoms with van der Waals surface area (Å²) in [5.41, 5.74) is 7.65. The molecule has 5 nitrogen and oxygen atoms in total. The van der Waals surface area contributed by atoms with Gasteiger partial charge in [-0.1, -0.05) is 6.07 Å². The van der Waals surface area contributed by atoms with Crippen LogP contribution < -0.4 is 15.2 Å². The Morgan fingerprint density at radius 2 is 2.11 bits per heavy atom. The second-order valence-electron chi connectivity index (χ2n) is 4.25. The molecule has 0 aliphatic heterocycles. The van der Waals surface area contributed by atoms with Crippen molar-refractivity contribution >= 4 is 0 Å². The van der Waals surface area contributed by atoms with E-state index < -0.39 is 0 Å². The van der Waals surface area contributed by atoms with E-state index in [2.05, 4.69) is 9.97 Å². The Hall–Kier alpha value is -2.01. The Labute approximate surface area is 112 Å². The molecule has 0 aliphatic carbocycles. The summed E-state index contributed by atoms with van der Waals surface area (Å²) >= 11 is 0. The van der Waals surface area contributed by atoms with Crippen molar-refractivity contribution in [2.24, 2.45) is 5.73 Å². The lowest BCUT2D eigenvalue weighted by Gasteiger charge is -2.09. The highest BCUT2D eigenvalue weighted by atomic mass is 16.5. The van der Waals surface area contributed by atoms with E-state index >= 15 is 0 Å². The maximum Gasteiger partial charge on any atom is 0.126 e. The summed E-state index contributed by atoms with van der Waals surface area (Å²) in [6, 6.07) is 5.78. The summed E-state index contributed by atoms with van der Waals surface area (Å²) < 4.78 is 10.6. The van der Waals surface area contributed by atoms with Crippen LogP contribution in [0.3, 0.4) is 0 Å². The lowest BCUT2D eigenvalue weighted by molar-refractivity contribution is 0.391. The molecule has 1 heterocycles. The van der Waals surface area contributed by atoms with Gasteiger partial charge < -0.3 is 20.2 Å². The van der Waals surface area contributed by atoms with Crippen LogP contribution in [0.2, 0.25) is 0 Å². The number of nitrogens with two attached hydrogens (primary N) is 1. The highest BCUT2D eigenvalue weighted by Gasteiger charge is 2.08. The Balaban J connectivity index is 2.17. The Morgan fingerprint density at radius 1 is 1.26 bits per heavy atom. The van der Waals surface area contributed by atoms with Gasteiger partial charge in [0.1, 0.15) is 17.3 Å². The van der Waals surface area contributed by atoms with Gasteiger partial charge in [0.05, 0.1) is 14.2 Å². The van der Waals surface area contributed by atoms with Crippen molar-refractivity contribution in [3.8, 4) is 11.5 Å². The number of nitrogens with zero attached hydrogens (tertiary/aromatic N) is 1. The maximum absolute atomic E-state index is 5.52. The fourth-order valence-corrected chi connectivity index (χ4v) is 1.96. The van der Waals surface area contributed by atoms with Gasteiger partial charge in [-0.15, -0.1) is 0 Å². The third-order valence-corrected chi connectivity index (χ3v) is 2.95. The minimum Gasteiger partial charge on any atom is -0.497 e. The van der Waals surface area contributed by atoms with Gasteiger partial charge in [-0.3, -0.25) is 0 Å². The highest BCUT2D eigenvalue weighted by Crippen LogP contribution is 2.26. The fourth-order valence-electron chi connectivity index (χ4n) is 1.96. The average Bonchev–Trinajstić information content (AvgIpc) is 2.87. The zero-order chi connectivity index (χ0) is 13.7. The first-order valence-corrected chi connectivity index (χ1v) is 6.20. The molecule has 102 valence electrons. The molecule has 0 bridgehead atoms. The van der Waals surface area contributed by atoms with Crippen molar-refractivity contribution in [1.82, 2.24) is 9.97 Å². The molecule has 0 saturated carbocycles. The number of hydrogen-bond acceptors (Lipinski definition) is 4. The number of aromatic nitrogens is 2. The summed E-state index contributed by atoms with van der Waals surface area (Å²) in [6.45, 7) is 0.619. The zero-order valence-corrected chi connectivity index (χ0v) is 11.3. The molecule has 0 fully saturated rings. The first-order valence-electron chi connectivity index (χ1n) is 6.20. The van der Waals surface area contributed by atoms with E-state index in [1.54, 1.807) is 14.2 Å². The predicted molar refractivity (Wildman–Crippen MR) is 73.7 cm³/mol. The molecule has 0 saturated heterocycles. The summed E-state index contributed by atoms with van der Waals surface area (Å²) in [5.74, 6) is 2.49. The third-order valence-electron chi connectivity index (χ3n) is 2.95. The quantitative estimate of drug-likeness (QED) is 0.827. The number of H-pyrrole nitrogens is 1. The Bertz CT molecular complexity index is 537. The SMILES string of the molecule is COc1ccc(Cc2ncc(CCN)[nH]2)c(OC)c1. The Kier molecular flexibility index (Phi) is 4.41. The molecule has 2 aromatic rings. The summed E-state index contributed by atoms with van der Waals surface area (Å²) in [7, 11) is 3.29. The maximum atomic E-state index is 5.52. The number of ether oxygens (including phenoxy) is 2. The second-order valence-corrected chi connectivity index (χ2v) is 4.25. The van der Waals surface area contributed by atoms with Gasteiger partial charge in [0.15, 0.2) is 0 Å². The van der Waals surface area contributed by atoms with Crippen LogP contribution in [0.4, 0.5) is 0 Å². The summed E-state index contributed by atoms with van der Waals surface area (Å²) in [4.78, 5) is 7.61. The van der Waals surface area contributed by atoms with E-state index in [0.717, 1.165) is 35.0 Å². The molecular weight excluding hydrogens is 242 g/mol. The van der Waals surface area contributed by atoms with Gasteiger partial charge in [0, 0.05) is 36.4 Å². The van der Waals surface area contributed by atoms with Crippen LogP contribution in [-0.4, -0.2) is 30.7 Å². The molecule has 1 aromatic carbocycles. The van der Waals surface area contributed by atoms with Crippen molar-refractivity contribution in [2.45, 2.75) is 12.8 Å². The molecular formula is C14H19N3O2. The number of hydrogen-bond donors (Lipinski definition) is 2. The van der Waals surface area contributed by atoms with Gasteiger partial charge in [-0.25, -0.2) is 4.98 Å². The first-order chi connectivity index (χ1) is 9.26. The van der Waals surface area contributed by atoms with Crippen molar-refractivity contribution in [3.63, 3.8) is 0 Å². The van der Waals surface area contributed by atoms with Crippen LogP contribution in [0.5, 0.6) is 11.5 Å². The molecule has 1 aromatic heterocycles. The molecule has 0 amide bonds. The zero-order valence-electron chi connectivity index (χ0n) is 11.3. The van der Waals surface area contributed by atoms with Gasteiger partial charge in [0.25, 0.3) is 0 Å². The van der Waals surface area contributed by atoms with E-state index in [1.165, 1.54) is 0 Å². The molecule has 3 N–H and O–H groups in total.